The summed E-state index contributed by atoms with van der Waals surface area (Å²) in [5, 5.41) is 5.41. The van der Waals surface area contributed by atoms with Gasteiger partial charge in [0.25, 0.3) is 0 Å². The van der Waals surface area contributed by atoms with Crippen LogP contribution < -0.4 is 10.6 Å². The average molecular weight is 293 g/mol. The van der Waals surface area contributed by atoms with Crippen molar-refractivity contribution in [2.45, 2.75) is 19.8 Å². The SMILES string of the molecule is CC(=O)NCCC#Cc1ccc(NC(=O)CCCl)cc1. The minimum absolute atomic E-state index is 0.0520. The van der Waals surface area contributed by atoms with Crippen molar-refractivity contribution < 1.29 is 9.59 Å². The Morgan fingerprint density at radius 2 is 1.95 bits per heavy atom. The first-order chi connectivity index (χ1) is 9.61. The van der Waals surface area contributed by atoms with E-state index in [1.807, 2.05) is 12.1 Å². The molecule has 0 heterocycles. The maximum Gasteiger partial charge on any atom is 0.225 e. The minimum Gasteiger partial charge on any atom is -0.355 e. The molecule has 1 rings (SSSR count). The van der Waals surface area contributed by atoms with E-state index in [-0.39, 0.29) is 11.8 Å². The van der Waals surface area contributed by atoms with Crippen LogP contribution in [0, 0.1) is 11.8 Å². The van der Waals surface area contributed by atoms with Crippen LogP contribution in [0.25, 0.3) is 0 Å². The summed E-state index contributed by atoms with van der Waals surface area (Å²) in [5.41, 5.74) is 1.59. The molecule has 20 heavy (non-hydrogen) atoms. The summed E-state index contributed by atoms with van der Waals surface area (Å²) in [6, 6.07) is 7.26. The molecule has 0 aliphatic rings. The van der Waals surface area contributed by atoms with Crippen LogP contribution in [0.15, 0.2) is 24.3 Å². The van der Waals surface area contributed by atoms with Crippen molar-refractivity contribution in [3.63, 3.8) is 0 Å². The van der Waals surface area contributed by atoms with Gasteiger partial charge in [-0.3, -0.25) is 9.59 Å². The lowest BCUT2D eigenvalue weighted by atomic mass is 10.2. The van der Waals surface area contributed by atoms with Crippen molar-refractivity contribution in [3.8, 4) is 11.8 Å². The van der Waals surface area contributed by atoms with Crippen LogP contribution in [0.4, 0.5) is 5.69 Å². The third-order valence-corrected chi connectivity index (χ3v) is 2.54. The Balaban J connectivity index is 2.44. The van der Waals surface area contributed by atoms with Gasteiger partial charge in [0, 0.05) is 43.4 Å². The molecule has 0 saturated carbocycles. The summed E-state index contributed by atoms with van der Waals surface area (Å²) in [6.45, 7) is 2.03. The van der Waals surface area contributed by atoms with E-state index < -0.39 is 0 Å². The zero-order chi connectivity index (χ0) is 14.8. The molecule has 0 aliphatic carbocycles. The molecule has 0 radical (unpaired) electrons. The fourth-order valence-electron chi connectivity index (χ4n) is 1.41. The highest BCUT2D eigenvalue weighted by atomic mass is 35.5. The molecule has 0 fully saturated rings. The van der Waals surface area contributed by atoms with Gasteiger partial charge in [0.05, 0.1) is 0 Å². The molecule has 1 aromatic rings. The Kier molecular flexibility index (Phi) is 7.23. The van der Waals surface area contributed by atoms with Gasteiger partial charge >= 0.3 is 0 Å². The van der Waals surface area contributed by atoms with Gasteiger partial charge < -0.3 is 10.6 Å². The Bertz CT molecular complexity index is 515. The predicted molar refractivity (Wildman–Crippen MR) is 80.6 cm³/mol. The molecule has 106 valence electrons. The number of hydrogen-bond acceptors (Lipinski definition) is 2. The monoisotopic (exact) mass is 292 g/mol. The number of anilines is 1. The molecule has 2 N–H and O–H groups in total. The van der Waals surface area contributed by atoms with E-state index in [0.29, 0.717) is 25.3 Å². The lowest BCUT2D eigenvalue weighted by molar-refractivity contribution is -0.119. The van der Waals surface area contributed by atoms with Gasteiger partial charge in [-0.05, 0) is 24.3 Å². The van der Waals surface area contributed by atoms with E-state index >= 15 is 0 Å². The van der Waals surface area contributed by atoms with Crippen LogP contribution >= 0.6 is 11.6 Å². The lowest BCUT2D eigenvalue weighted by Gasteiger charge is -2.03. The van der Waals surface area contributed by atoms with Gasteiger partial charge in [0.2, 0.25) is 11.8 Å². The third kappa shape index (κ3) is 6.81. The Labute approximate surface area is 123 Å². The van der Waals surface area contributed by atoms with Gasteiger partial charge in [-0.25, -0.2) is 0 Å². The van der Waals surface area contributed by atoms with E-state index in [9.17, 15) is 9.59 Å². The maximum atomic E-state index is 11.3. The Morgan fingerprint density at radius 1 is 1.25 bits per heavy atom. The highest BCUT2D eigenvalue weighted by Gasteiger charge is 2.00. The van der Waals surface area contributed by atoms with Crippen molar-refractivity contribution in [3.05, 3.63) is 29.8 Å². The van der Waals surface area contributed by atoms with Gasteiger partial charge in [-0.15, -0.1) is 11.6 Å². The van der Waals surface area contributed by atoms with Crippen LogP contribution in [0.5, 0.6) is 0 Å². The van der Waals surface area contributed by atoms with Crippen molar-refractivity contribution in [2.24, 2.45) is 0 Å². The maximum absolute atomic E-state index is 11.3. The van der Waals surface area contributed by atoms with Gasteiger partial charge in [-0.2, -0.15) is 0 Å². The molecular formula is C15H17ClN2O2. The molecule has 0 unspecified atom stereocenters. The molecule has 0 spiro atoms. The highest BCUT2D eigenvalue weighted by Crippen LogP contribution is 2.09. The van der Waals surface area contributed by atoms with E-state index in [1.54, 1.807) is 12.1 Å². The standard InChI is InChI=1S/C15H17ClN2O2/c1-12(19)17-11-3-2-4-13-5-7-14(8-6-13)18-15(20)9-10-16/h5-8H,3,9-11H2,1H3,(H,17,19)(H,18,20). The second kappa shape index (κ2) is 9.00. The van der Waals surface area contributed by atoms with Gasteiger partial charge in [0.15, 0.2) is 0 Å². The number of halogens is 1. The van der Waals surface area contributed by atoms with Crippen molar-refractivity contribution in [1.29, 1.82) is 0 Å². The first-order valence-electron chi connectivity index (χ1n) is 6.31. The number of rotatable bonds is 5. The summed E-state index contributed by atoms with van der Waals surface area (Å²) < 4.78 is 0. The molecule has 0 atom stereocenters. The number of nitrogens with one attached hydrogen (secondary N) is 2. The van der Waals surface area contributed by atoms with E-state index in [1.165, 1.54) is 6.92 Å². The number of benzene rings is 1. The molecule has 0 bridgehead atoms. The molecule has 0 aliphatic heterocycles. The van der Waals surface area contributed by atoms with Crippen LogP contribution in [-0.2, 0) is 9.59 Å². The molecule has 0 aromatic heterocycles. The quantitative estimate of drug-likeness (QED) is 0.496. The average Bonchev–Trinajstić information content (AvgIpc) is 2.40. The summed E-state index contributed by atoms with van der Waals surface area (Å²) in [5.74, 6) is 6.11. The third-order valence-electron chi connectivity index (χ3n) is 2.35. The van der Waals surface area contributed by atoms with Crippen molar-refractivity contribution >= 4 is 29.1 Å². The molecule has 0 saturated heterocycles. The number of alkyl halides is 1. The highest BCUT2D eigenvalue weighted by molar-refractivity contribution is 6.19. The van der Waals surface area contributed by atoms with Crippen LogP contribution in [0.2, 0.25) is 0 Å². The number of carbonyl (C=O) groups is 2. The first kappa shape index (κ1) is 16.1. The van der Waals surface area contributed by atoms with Crippen molar-refractivity contribution in [1.82, 2.24) is 5.32 Å². The topological polar surface area (TPSA) is 58.2 Å². The number of amides is 2. The predicted octanol–water partition coefficient (Wildman–Crippen LogP) is 2.13. The smallest absolute Gasteiger partial charge is 0.225 e. The first-order valence-corrected chi connectivity index (χ1v) is 6.84. The Morgan fingerprint density at radius 3 is 2.55 bits per heavy atom. The van der Waals surface area contributed by atoms with Gasteiger partial charge in [0.1, 0.15) is 0 Å². The van der Waals surface area contributed by atoms with E-state index in [4.69, 9.17) is 11.6 Å². The van der Waals surface area contributed by atoms with Crippen LogP contribution in [-0.4, -0.2) is 24.2 Å². The molecule has 5 heteroatoms. The number of hydrogen-bond donors (Lipinski definition) is 2. The molecular weight excluding hydrogens is 276 g/mol. The second-order valence-corrected chi connectivity index (χ2v) is 4.48. The molecule has 4 nitrogen and oxygen atoms in total. The fraction of sp³-hybridized carbons (Fsp3) is 0.333. The fourth-order valence-corrected chi connectivity index (χ4v) is 1.58. The summed E-state index contributed by atoms with van der Waals surface area (Å²) in [4.78, 5) is 22.0. The number of carbonyl (C=O) groups excluding carboxylic acids is 2. The zero-order valence-electron chi connectivity index (χ0n) is 11.3. The second-order valence-electron chi connectivity index (χ2n) is 4.10. The minimum atomic E-state index is -0.103. The lowest BCUT2D eigenvalue weighted by Crippen LogP contribution is -2.20. The summed E-state index contributed by atoms with van der Waals surface area (Å²) in [7, 11) is 0. The van der Waals surface area contributed by atoms with Crippen molar-refractivity contribution in [2.75, 3.05) is 17.7 Å². The molecule has 2 amide bonds. The van der Waals surface area contributed by atoms with Gasteiger partial charge in [-0.1, -0.05) is 11.8 Å². The van der Waals surface area contributed by atoms with Crippen LogP contribution in [0.3, 0.4) is 0 Å². The summed E-state index contributed by atoms with van der Waals surface area (Å²) >= 11 is 5.48. The van der Waals surface area contributed by atoms with Crippen LogP contribution in [0.1, 0.15) is 25.3 Å². The largest absolute Gasteiger partial charge is 0.355 e. The zero-order valence-corrected chi connectivity index (χ0v) is 12.1. The van der Waals surface area contributed by atoms with E-state index in [0.717, 1.165) is 11.3 Å². The summed E-state index contributed by atoms with van der Waals surface area (Å²) in [6.07, 6.45) is 0.903. The Hall–Kier alpha value is -1.99. The molecule has 1 aromatic carbocycles. The normalized spacial score (nSPS) is 9.30. The van der Waals surface area contributed by atoms with E-state index in [2.05, 4.69) is 22.5 Å².